The maximum atomic E-state index is 12.1. The highest BCUT2D eigenvalue weighted by atomic mass is 35.5. The van der Waals surface area contributed by atoms with E-state index in [1.165, 1.54) is 27.9 Å². The van der Waals surface area contributed by atoms with Gasteiger partial charge in [0.15, 0.2) is 0 Å². The second-order valence-corrected chi connectivity index (χ2v) is 9.50. The van der Waals surface area contributed by atoms with Gasteiger partial charge in [-0.15, -0.1) is 11.3 Å². The molecule has 1 aliphatic rings. The first-order valence-electron chi connectivity index (χ1n) is 8.48. The Balaban J connectivity index is 1.43. The summed E-state index contributed by atoms with van der Waals surface area (Å²) in [6.45, 7) is 0.280. The summed E-state index contributed by atoms with van der Waals surface area (Å²) in [4.78, 5) is 16.9. The highest BCUT2D eigenvalue weighted by Crippen LogP contribution is 2.24. The Morgan fingerprint density at radius 3 is 2.55 bits per heavy atom. The zero-order valence-electron chi connectivity index (χ0n) is 14.9. The predicted molar refractivity (Wildman–Crippen MR) is 114 cm³/mol. The van der Waals surface area contributed by atoms with Crippen molar-refractivity contribution in [3.63, 3.8) is 0 Å². The van der Waals surface area contributed by atoms with Gasteiger partial charge in [0.05, 0.1) is 38.9 Å². The molecule has 0 unspecified atom stereocenters. The lowest BCUT2D eigenvalue weighted by Gasteiger charge is -2.20. The summed E-state index contributed by atoms with van der Waals surface area (Å²) in [6, 6.07) is 10.4. The summed E-state index contributed by atoms with van der Waals surface area (Å²) in [6.07, 6.45) is 8.09. The number of amides is 1. The molecule has 0 saturated carbocycles. The van der Waals surface area contributed by atoms with Crippen LogP contribution in [0.25, 0.3) is 5.69 Å². The first-order chi connectivity index (χ1) is 13.9. The maximum absolute atomic E-state index is 12.1. The van der Waals surface area contributed by atoms with Crippen molar-refractivity contribution in [3.05, 3.63) is 87.6 Å². The van der Waals surface area contributed by atoms with Crippen LogP contribution in [0.4, 0.5) is 5.69 Å². The SMILES string of the molecule is O=C(NCc1cn(-c2ccc(N3C=CC=CS3(=O)=O)cc2)cn1)c1ccc(Cl)s1. The number of thiophene rings is 1. The van der Waals surface area contributed by atoms with E-state index in [9.17, 15) is 13.2 Å². The first kappa shape index (κ1) is 19.4. The Bertz CT molecular complexity index is 1210. The van der Waals surface area contributed by atoms with Crippen molar-refractivity contribution in [3.8, 4) is 5.69 Å². The standard InChI is InChI=1S/C19H15ClN4O3S2/c20-18-8-7-17(28-18)19(25)21-11-14-12-23(13-22-14)15-3-5-16(6-4-15)24-9-1-2-10-29(24,26)27/h1-10,12-13H,11H2,(H,21,25). The molecule has 0 saturated heterocycles. The van der Waals surface area contributed by atoms with Gasteiger partial charge in [0.2, 0.25) is 0 Å². The quantitative estimate of drug-likeness (QED) is 0.647. The molecule has 3 heterocycles. The number of benzene rings is 1. The van der Waals surface area contributed by atoms with E-state index in [0.29, 0.717) is 20.6 Å². The van der Waals surface area contributed by atoms with Gasteiger partial charge in [-0.1, -0.05) is 11.6 Å². The average Bonchev–Trinajstić information content (AvgIpc) is 3.35. The fourth-order valence-electron chi connectivity index (χ4n) is 2.72. The largest absolute Gasteiger partial charge is 0.346 e. The molecule has 0 atom stereocenters. The van der Waals surface area contributed by atoms with E-state index in [1.54, 1.807) is 59.6 Å². The number of sulfonamides is 1. The predicted octanol–water partition coefficient (Wildman–Crippen LogP) is 3.69. The van der Waals surface area contributed by atoms with E-state index >= 15 is 0 Å². The second kappa shape index (κ2) is 7.86. The zero-order valence-corrected chi connectivity index (χ0v) is 17.3. The number of nitrogens with zero attached hydrogens (tertiary/aromatic N) is 3. The number of carbonyl (C=O) groups excluding carboxylic acids is 1. The molecule has 0 spiro atoms. The number of aromatic nitrogens is 2. The minimum atomic E-state index is -3.49. The molecule has 29 heavy (non-hydrogen) atoms. The van der Waals surface area contributed by atoms with Gasteiger partial charge in [-0.2, -0.15) is 0 Å². The average molecular weight is 447 g/mol. The van der Waals surface area contributed by atoms with Crippen LogP contribution in [0.5, 0.6) is 0 Å². The third kappa shape index (κ3) is 4.26. The number of allylic oxidation sites excluding steroid dienone is 2. The van der Waals surface area contributed by atoms with Crippen LogP contribution in [0.2, 0.25) is 4.34 Å². The summed E-state index contributed by atoms with van der Waals surface area (Å²) in [5.41, 5.74) is 2.05. The lowest BCUT2D eigenvalue weighted by Crippen LogP contribution is -2.24. The molecule has 3 aromatic rings. The minimum absolute atomic E-state index is 0.203. The Hall–Kier alpha value is -2.88. The van der Waals surface area contributed by atoms with Crippen molar-refractivity contribution < 1.29 is 13.2 Å². The molecule has 4 rings (SSSR count). The number of imidazole rings is 1. The summed E-state index contributed by atoms with van der Waals surface area (Å²) in [7, 11) is -3.49. The van der Waals surface area contributed by atoms with Crippen LogP contribution < -0.4 is 9.62 Å². The number of halogens is 1. The van der Waals surface area contributed by atoms with Crippen molar-refractivity contribution in [2.75, 3.05) is 4.31 Å². The number of hydrogen-bond acceptors (Lipinski definition) is 5. The second-order valence-electron chi connectivity index (χ2n) is 6.09. The molecule has 148 valence electrons. The van der Waals surface area contributed by atoms with Gasteiger partial charge in [-0.05, 0) is 48.6 Å². The minimum Gasteiger partial charge on any atom is -0.346 e. The molecule has 10 heteroatoms. The summed E-state index contributed by atoms with van der Waals surface area (Å²) in [5, 5.41) is 3.96. The molecule has 2 aromatic heterocycles. The Morgan fingerprint density at radius 1 is 1.10 bits per heavy atom. The lowest BCUT2D eigenvalue weighted by atomic mass is 10.3. The third-order valence-electron chi connectivity index (χ3n) is 4.12. The molecule has 0 radical (unpaired) electrons. The Kier molecular flexibility index (Phi) is 5.27. The van der Waals surface area contributed by atoms with Crippen molar-refractivity contribution in [2.45, 2.75) is 6.54 Å². The van der Waals surface area contributed by atoms with Crippen LogP contribution in [0.15, 0.2) is 72.7 Å². The van der Waals surface area contributed by atoms with Crippen LogP contribution in [-0.2, 0) is 16.6 Å². The van der Waals surface area contributed by atoms with Crippen molar-refractivity contribution in [1.29, 1.82) is 0 Å². The van der Waals surface area contributed by atoms with E-state index in [2.05, 4.69) is 10.3 Å². The number of nitrogens with one attached hydrogen (secondary N) is 1. The molecule has 1 amide bonds. The summed E-state index contributed by atoms with van der Waals surface area (Å²) in [5.74, 6) is -0.203. The van der Waals surface area contributed by atoms with Crippen LogP contribution in [0.1, 0.15) is 15.4 Å². The number of rotatable bonds is 5. The monoisotopic (exact) mass is 446 g/mol. The van der Waals surface area contributed by atoms with Gasteiger partial charge < -0.3 is 9.88 Å². The van der Waals surface area contributed by atoms with Gasteiger partial charge in [-0.3, -0.25) is 4.79 Å². The summed E-state index contributed by atoms with van der Waals surface area (Å²) >= 11 is 7.07. The molecule has 0 fully saturated rings. The first-order valence-corrected chi connectivity index (χ1v) is 11.2. The third-order valence-corrected chi connectivity index (χ3v) is 6.73. The van der Waals surface area contributed by atoms with E-state index in [0.717, 1.165) is 11.1 Å². The van der Waals surface area contributed by atoms with E-state index in [-0.39, 0.29) is 12.5 Å². The molecular weight excluding hydrogens is 432 g/mol. The molecule has 0 aliphatic carbocycles. The fraction of sp³-hybridized carbons (Fsp3) is 0.0526. The van der Waals surface area contributed by atoms with E-state index in [4.69, 9.17) is 11.6 Å². The molecule has 1 aromatic carbocycles. The normalized spacial score (nSPS) is 14.9. The van der Waals surface area contributed by atoms with Gasteiger partial charge in [0, 0.05) is 18.1 Å². The van der Waals surface area contributed by atoms with Crippen molar-refractivity contribution in [2.24, 2.45) is 0 Å². The lowest BCUT2D eigenvalue weighted by molar-refractivity contribution is 0.0954. The number of hydrogen-bond donors (Lipinski definition) is 1. The molecule has 0 bridgehead atoms. The maximum Gasteiger partial charge on any atom is 0.261 e. The Morgan fingerprint density at radius 2 is 1.86 bits per heavy atom. The van der Waals surface area contributed by atoms with Crippen molar-refractivity contribution in [1.82, 2.24) is 14.9 Å². The molecule has 1 aliphatic heterocycles. The van der Waals surface area contributed by atoms with E-state index in [1.807, 2.05) is 0 Å². The smallest absolute Gasteiger partial charge is 0.261 e. The van der Waals surface area contributed by atoms with Crippen LogP contribution in [0, 0.1) is 0 Å². The molecule has 7 nitrogen and oxygen atoms in total. The fourth-order valence-corrected chi connectivity index (χ4v) is 4.75. The van der Waals surface area contributed by atoms with Crippen molar-refractivity contribution >= 4 is 44.6 Å². The topological polar surface area (TPSA) is 84.3 Å². The number of carbonyl (C=O) groups is 1. The van der Waals surface area contributed by atoms with Gasteiger partial charge in [-0.25, -0.2) is 17.7 Å². The zero-order chi connectivity index (χ0) is 20.4. The summed E-state index contributed by atoms with van der Waals surface area (Å²) < 4.78 is 27.8. The van der Waals surface area contributed by atoms with Crippen LogP contribution in [0.3, 0.4) is 0 Å². The molecular formula is C19H15ClN4O3S2. The van der Waals surface area contributed by atoms with Crippen LogP contribution >= 0.6 is 22.9 Å². The van der Waals surface area contributed by atoms with Gasteiger partial charge >= 0.3 is 0 Å². The Labute approximate surface area is 176 Å². The van der Waals surface area contributed by atoms with Crippen LogP contribution in [-0.4, -0.2) is 23.9 Å². The van der Waals surface area contributed by atoms with Gasteiger partial charge in [0.25, 0.3) is 15.9 Å². The highest BCUT2D eigenvalue weighted by molar-refractivity contribution is 7.95. The highest BCUT2D eigenvalue weighted by Gasteiger charge is 2.19. The molecule has 1 N–H and O–H groups in total. The number of anilines is 1. The van der Waals surface area contributed by atoms with E-state index < -0.39 is 10.0 Å². The van der Waals surface area contributed by atoms with Gasteiger partial charge in [0.1, 0.15) is 0 Å².